The van der Waals surface area contributed by atoms with Crippen molar-refractivity contribution in [3.05, 3.63) is 111 Å². The van der Waals surface area contributed by atoms with Crippen molar-refractivity contribution in [2.75, 3.05) is 0 Å². The van der Waals surface area contributed by atoms with Crippen molar-refractivity contribution in [2.24, 2.45) is 0 Å². The fourth-order valence-electron chi connectivity index (χ4n) is 1.76. The Morgan fingerprint density at radius 1 is 0.467 bits per heavy atom. The van der Waals surface area contributed by atoms with Gasteiger partial charge in [-0.2, -0.15) is 0 Å². The molecule has 3 rings (SSSR count). The molecule has 1 radical (unpaired) electrons. The van der Waals surface area contributed by atoms with Crippen molar-refractivity contribution < 1.29 is 44.6 Å². The normalized spacial score (nSPS) is 7.70. The molecule has 3 aromatic carbocycles. The molecule has 0 bridgehead atoms. The van der Waals surface area contributed by atoms with E-state index in [-0.39, 0.29) is 68.5 Å². The molecule has 0 atom stereocenters. The molecule has 9 heteroatoms. The van der Waals surface area contributed by atoms with Gasteiger partial charge in [0.25, 0.3) is 0 Å². The second-order valence-electron chi connectivity index (χ2n) is 4.44. The van der Waals surface area contributed by atoms with Crippen LogP contribution in [0.25, 0.3) is 0 Å². The monoisotopic (exact) mass is 489 g/mol. The van der Waals surface area contributed by atoms with E-state index in [0.29, 0.717) is 17.2 Å². The molecule has 6 nitrogen and oxygen atoms in total. The maximum atomic E-state index is 7.50. The summed E-state index contributed by atoms with van der Waals surface area (Å²) in [7, 11) is -1.59. The van der Waals surface area contributed by atoms with Crippen LogP contribution in [0.3, 0.4) is 0 Å². The first-order chi connectivity index (χ1) is 13.9. The molecule has 0 aliphatic heterocycles. The van der Waals surface area contributed by atoms with Gasteiger partial charge in [0.15, 0.2) is 0 Å². The van der Waals surface area contributed by atoms with Gasteiger partial charge >= 0.3 is 42.5 Å². The van der Waals surface area contributed by atoms with Crippen LogP contribution in [0, 0.1) is 20.0 Å². The minimum absolute atomic E-state index is 0. The van der Waals surface area contributed by atoms with Crippen molar-refractivity contribution >= 4 is 60.0 Å². The van der Waals surface area contributed by atoms with Crippen LogP contribution in [-0.2, 0) is 31.0 Å². The molecular weight excluding hydrogens is 474 g/mol. The van der Waals surface area contributed by atoms with E-state index in [9.17, 15) is 0 Å². The van der Waals surface area contributed by atoms with Crippen LogP contribution in [0.5, 0.6) is 17.2 Å². The van der Waals surface area contributed by atoms with Crippen molar-refractivity contribution in [3.63, 3.8) is 0 Å². The van der Waals surface area contributed by atoms with Gasteiger partial charge < -0.3 is 13.6 Å². The predicted molar refractivity (Wildman–Crippen MR) is 106 cm³/mol. The quantitative estimate of drug-likeness (QED) is 0.212. The molecule has 0 saturated heterocycles. The van der Waals surface area contributed by atoms with Crippen molar-refractivity contribution in [2.45, 2.75) is 0 Å². The largest absolute Gasteiger partial charge is 0.530 e. The SMILES string of the molecule is [C-]#[O+].[C-]#[O+].[C-]#[O+].[Fe].[K].c1ccc(OP(Oc2ccccc2)Oc2ccccc2)cc1. The van der Waals surface area contributed by atoms with E-state index in [1.54, 1.807) is 0 Å². The molecule has 0 saturated carbocycles. The molecule has 149 valence electrons. The third kappa shape index (κ3) is 14.8. The summed E-state index contributed by atoms with van der Waals surface area (Å²) in [6, 6.07) is 28.5. The van der Waals surface area contributed by atoms with Crippen LogP contribution in [0.1, 0.15) is 0 Å². The Kier molecular flexibility index (Phi) is 27.0. The Bertz CT molecular complexity index is 703. The summed E-state index contributed by atoms with van der Waals surface area (Å²) in [4.78, 5) is 0. The number of hydrogen-bond acceptors (Lipinski definition) is 3. The zero-order chi connectivity index (χ0) is 21.0. The first-order valence-corrected chi connectivity index (χ1v) is 8.60. The van der Waals surface area contributed by atoms with Gasteiger partial charge in [0.2, 0.25) is 0 Å². The summed E-state index contributed by atoms with van der Waals surface area (Å²) >= 11 is 0. The molecule has 0 aromatic heterocycles. The molecule has 0 aliphatic rings. The van der Waals surface area contributed by atoms with E-state index in [1.165, 1.54) is 0 Å². The van der Waals surface area contributed by atoms with Crippen molar-refractivity contribution in [3.8, 4) is 17.2 Å². The molecule has 0 unspecified atom stereocenters. The number of hydrogen-bond donors (Lipinski definition) is 0. The van der Waals surface area contributed by atoms with Crippen molar-refractivity contribution in [1.82, 2.24) is 0 Å². The Morgan fingerprint density at radius 3 is 0.867 bits per heavy atom. The molecule has 0 spiro atoms. The summed E-state index contributed by atoms with van der Waals surface area (Å²) in [5.41, 5.74) is 0. The van der Waals surface area contributed by atoms with E-state index < -0.39 is 8.60 Å². The van der Waals surface area contributed by atoms with Crippen LogP contribution in [-0.4, -0.2) is 51.4 Å². The fraction of sp³-hybridized carbons (Fsp3) is 0. The molecule has 0 fully saturated rings. The fourth-order valence-corrected chi connectivity index (χ4v) is 2.75. The van der Waals surface area contributed by atoms with Gasteiger partial charge in [-0.05, 0) is 36.4 Å². The van der Waals surface area contributed by atoms with Gasteiger partial charge in [-0.3, -0.25) is 0 Å². The van der Waals surface area contributed by atoms with Gasteiger partial charge in [0, 0.05) is 68.5 Å². The van der Waals surface area contributed by atoms with E-state index in [0.717, 1.165) is 0 Å². The summed E-state index contributed by atoms with van der Waals surface area (Å²) in [6.45, 7) is 13.5. The van der Waals surface area contributed by atoms with E-state index in [4.69, 9.17) is 27.5 Å². The third-order valence-electron chi connectivity index (χ3n) is 2.77. The maximum absolute atomic E-state index is 7.50. The first-order valence-electron chi connectivity index (χ1n) is 7.50. The van der Waals surface area contributed by atoms with E-state index >= 15 is 0 Å². The van der Waals surface area contributed by atoms with Gasteiger partial charge in [-0.1, -0.05) is 54.6 Å². The van der Waals surface area contributed by atoms with E-state index in [1.807, 2.05) is 91.0 Å². The summed E-state index contributed by atoms with van der Waals surface area (Å²) < 4.78 is 40.0. The molecule has 0 aliphatic carbocycles. The average Bonchev–Trinajstić information content (AvgIpc) is 2.80. The summed E-state index contributed by atoms with van der Waals surface area (Å²) in [6.07, 6.45) is 0. The maximum Gasteiger partial charge on any atom is 0.530 e. The predicted octanol–water partition coefficient (Wildman–Crippen LogP) is 4.95. The van der Waals surface area contributed by atoms with Crippen LogP contribution >= 0.6 is 8.60 Å². The second-order valence-corrected chi connectivity index (χ2v) is 5.43. The zero-order valence-corrected chi connectivity index (χ0v) is 21.0. The van der Waals surface area contributed by atoms with Gasteiger partial charge in [-0.25, -0.2) is 0 Å². The molecule has 0 amide bonds. The van der Waals surface area contributed by atoms with Crippen LogP contribution in [0.2, 0.25) is 0 Å². The zero-order valence-electron chi connectivity index (χ0n) is 15.9. The average molecular weight is 489 g/mol. The first kappa shape index (κ1) is 33.5. The molecule has 3 aromatic rings. The summed E-state index contributed by atoms with van der Waals surface area (Å²) in [5.74, 6) is 2.13. The minimum Gasteiger partial charge on any atom is -0.409 e. The third-order valence-corrected chi connectivity index (χ3v) is 3.85. The topological polar surface area (TPSA) is 87.4 Å². The molecule has 0 N–H and O–H groups in total. The Labute approximate surface area is 230 Å². The summed E-state index contributed by atoms with van der Waals surface area (Å²) in [5, 5.41) is 0. The Morgan fingerprint density at radius 2 is 0.667 bits per heavy atom. The standard InChI is InChI=1S/C18H15O3P.3CO.Fe.K/c1-4-10-16(11-5-1)19-22(20-17-12-6-2-7-13-17)21-18-14-8-3-9-15-18;3*1-2;;/h1-15H;;;;;. The number of rotatable bonds is 6. The van der Waals surface area contributed by atoms with E-state index in [2.05, 4.69) is 20.0 Å². The number of para-hydroxylation sites is 3. The Balaban J connectivity index is -0.000000839. The Hall–Kier alpha value is -1.13. The second kappa shape index (κ2) is 24.1. The molecular formula is C21H15FeKO6P. The van der Waals surface area contributed by atoms with Crippen LogP contribution in [0.15, 0.2) is 91.0 Å². The number of benzene rings is 3. The van der Waals surface area contributed by atoms with Gasteiger partial charge in [-0.15, -0.1) is 0 Å². The van der Waals surface area contributed by atoms with Crippen molar-refractivity contribution in [1.29, 1.82) is 0 Å². The van der Waals surface area contributed by atoms with Gasteiger partial charge in [0.05, 0.1) is 0 Å². The van der Waals surface area contributed by atoms with Crippen LogP contribution in [0.4, 0.5) is 0 Å². The molecule has 30 heavy (non-hydrogen) atoms. The molecule has 0 heterocycles. The smallest absolute Gasteiger partial charge is 0.409 e. The van der Waals surface area contributed by atoms with Crippen LogP contribution < -0.4 is 13.6 Å². The van der Waals surface area contributed by atoms with Gasteiger partial charge in [0.1, 0.15) is 17.2 Å². The minimum atomic E-state index is -1.59.